The summed E-state index contributed by atoms with van der Waals surface area (Å²) in [6.07, 6.45) is 8.32. The first-order valence-corrected chi connectivity index (χ1v) is 11.5. The highest BCUT2D eigenvalue weighted by Crippen LogP contribution is 2.35. The van der Waals surface area contributed by atoms with Gasteiger partial charge in [-0.05, 0) is 81.0 Å². The van der Waals surface area contributed by atoms with Crippen molar-refractivity contribution in [2.75, 3.05) is 38.1 Å². The van der Waals surface area contributed by atoms with Crippen LogP contribution in [-0.4, -0.2) is 60.9 Å². The van der Waals surface area contributed by atoms with Crippen LogP contribution in [0.2, 0.25) is 0 Å². The van der Waals surface area contributed by atoms with E-state index < -0.39 is 0 Å². The maximum atomic E-state index is 13.1. The number of anilines is 1. The van der Waals surface area contributed by atoms with Crippen molar-refractivity contribution in [2.24, 2.45) is 17.8 Å². The van der Waals surface area contributed by atoms with E-state index in [2.05, 4.69) is 21.9 Å². The number of benzene rings is 1. The summed E-state index contributed by atoms with van der Waals surface area (Å²) in [7, 11) is 1.96. The third kappa shape index (κ3) is 3.88. The second-order valence-electron chi connectivity index (χ2n) is 9.76. The third-order valence-corrected chi connectivity index (χ3v) is 7.68. The topological polar surface area (TPSA) is 43.9 Å². The molecule has 2 bridgehead atoms. The predicted octanol–water partition coefficient (Wildman–Crippen LogP) is 3.40. The Morgan fingerprint density at radius 1 is 0.862 bits per heavy atom. The average molecular weight is 396 g/mol. The smallest absolute Gasteiger partial charge is 0.253 e. The maximum Gasteiger partial charge on any atom is 0.253 e. The lowest BCUT2D eigenvalue weighted by Crippen LogP contribution is -2.39. The molecule has 0 aromatic heterocycles. The van der Waals surface area contributed by atoms with Crippen LogP contribution in [0.3, 0.4) is 0 Å². The molecule has 6 rings (SSSR count). The van der Waals surface area contributed by atoms with Crippen LogP contribution in [0.25, 0.3) is 0 Å². The monoisotopic (exact) mass is 395 g/mol. The number of rotatable bonds is 4. The van der Waals surface area contributed by atoms with Crippen LogP contribution in [0.15, 0.2) is 24.3 Å². The molecule has 29 heavy (non-hydrogen) atoms. The van der Waals surface area contributed by atoms with Crippen LogP contribution in [0.5, 0.6) is 0 Å². The number of nitrogens with zero attached hydrogens (tertiary/aromatic N) is 3. The van der Waals surface area contributed by atoms with E-state index in [1.807, 2.05) is 24.1 Å². The van der Waals surface area contributed by atoms with Gasteiger partial charge in [0.2, 0.25) is 5.91 Å². The summed E-state index contributed by atoms with van der Waals surface area (Å²) in [4.78, 5) is 31.8. The van der Waals surface area contributed by atoms with Gasteiger partial charge in [0.25, 0.3) is 5.91 Å². The van der Waals surface area contributed by atoms with E-state index >= 15 is 0 Å². The normalized spacial score (nSPS) is 29.1. The molecule has 5 aliphatic rings. The van der Waals surface area contributed by atoms with E-state index in [-0.39, 0.29) is 11.8 Å². The number of amides is 2. The summed E-state index contributed by atoms with van der Waals surface area (Å²) in [5.41, 5.74) is 1.97. The van der Waals surface area contributed by atoms with Gasteiger partial charge in [-0.25, -0.2) is 0 Å². The Labute approximate surface area is 174 Å². The van der Waals surface area contributed by atoms with Gasteiger partial charge in [0.1, 0.15) is 0 Å². The number of hydrogen-bond donors (Lipinski definition) is 0. The highest BCUT2D eigenvalue weighted by molar-refractivity contribution is 5.94. The van der Waals surface area contributed by atoms with Crippen molar-refractivity contribution < 1.29 is 9.59 Å². The second-order valence-corrected chi connectivity index (χ2v) is 9.76. The molecule has 1 atom stereocenters. The summed E-state index contributed by atoms with van der Waals surface area (Å²) in [5, 5.41) is 0. The summed E-state index contributed by atoms with van der Waals surface area (Å²) >= 11 is 0. The van der Waals surface area contributed by atoms with Crippen LogP contribution >= 0.6 is 0 Å². The Kier molecular flexibility index (Phi) is 5.00. The fraction of sp³-hybridized carbons (Fsp3) is 0.667. The van der Waals surface area contributed by atoms with Crippen molar-refractivity contribution in [1.29, 1.82) is 0 Å². The molecular weight excluding hydrogens is 362 g/mol. The molecule has 1 aromatic rings. The van der Waals surface area contributed by atoms with Gasteiger partial charge in [0.05, 0.1) is 6.04 Å². The van der Waals surface area contributed by atoms with Gasteiger partial charge in [-0.2, -0.15) is 0 Å². The Morgan fingerprint density at radius 3 is 2.07 bits per heavy atom. The summed E-state index contributed by atoms with van der Waals surface area (Å²) < 4.78 is 0. The molecule has 1 aromatic carbocycles. The van der Waals surface area contributed by atoms with Gasteiger partial charge in [-0.1, -0.05) is 0 Å². The fourth-order valence-electron chi connectivity index (χ4n) is 5.55. The van der Waals surface area contributed by atoms with E-state index in [1.165, 1.54) is 25.7 Å². The van der Waals surface area contributed by atoms with Gasteiger partial charge >= 0.3 is 0 Å². The zero-order chi connectivity index (χ0) is 20.0. The molecule has 5 heteroatoms. The van der Waals surface area contributed by atoms with Crippen LogP contribution < -0.4 is 4.90 Å². The van der Waals surface area contributed by atoms with E-state index in [1.54, 1.807) is 0 Å². The SMILES string of the molecule is CN(C(=O)C1CC1)C1CCN(c2ccc(C(=O)N3CC4CCC(CC4)C3)cc2)C1. The van der Waals surface area contributed by atoms with Crippen molar-refractivity contribution >= 4 is 17.5 Å². The number of fused-ring (bicyclic) bond motifs is 4. The highest BCUT2D eigenvalue weighted by atomic mass is 16.2. The molecule has 0 radical (unpaired) electrons. The number of carbonyl (C=O) groups excluding carboxylic acids is 2. The zero-order valence-corrected chi connectivity index (χ0v) is 17.6. The summed E-state index contributed by atoms with van der Waals surface area (Å²) in [6, 6.07) is 8.47. The molecule has 3 heterocycles. The lowest BCUT2D eigenvalue weighted by Gasteiger charge is -2.26. The van der Waals surface area contributed by atoms with Crippen molar-refractivity contribution in [2.45, 2.75) is 51.0 Å². The summed E-state index contributed by atoms with van der Waals surface area (Å²) in [6.45, 7) is 3.73. The standard InChI is InChI=1S/C24H33N3O2/c1-25(23(28)19-6-7-19)22-12-13-26(16-22)21-10-8-20(9-11-21)24(29)27-14-17-2-3-18(15-27)5-4-17/h8-11,17-19,22H,2-7,12-16H2,1H3. The number of carbonyl (C=O) groups is 2. The Balaban J connectivity index is 1.21. The lowest BCUT2D eigenvalue weighted by atomic mass is 9.84. The van der Waals surface area contributed by atoms with Crippen molar-refractivity contribution in [3.63, 3.8) is 0 Å². The molecule has 1 unspecified atom stereocenters. The summed E-state index contributed by atoms with van der Waals surface area (Å²) in [5.74, 6) is 2.21. The van der Waals surface area contributed by atoms with Gasteiger partial charge < -0.3 is 14.7 Å². The molecule has 2 saturated carbocycles. The van der Waals surface area contributed by atoms with E-state index in [4.69, 9.17) is 0 Å². The molecule has 0 N–H and O–H groups in total. The quantitative estimate of drug-likeness (QED) is 0.785. The molecule has 2 aliphatic carbocycles. The van der Waals surface area contributed by atoms with Crippen LogP contribution in [0.4, 0.5) is 5.69 Å². The number of hydrogen-bond acceptors (Lipinski definition) is 3. The zero-order valence-electron chi connectivity index (χ0n) is 17.6. The number of likely N-dealkylation sites (N-methyl/N-ethyl adjacent to an activating group) is 1. The third-order valence-electron chi connectivity index (χ3n) is 7.68. The van der Waals surface area contributed by atoms with E-state index in [0.29, 0.717) is 23.8 Å². The van der Waals surface area contributed by atoms with Crippen LogP contribution in [0.1, 0.15) is 55.3 Å². The van der Waals surface area contributed by atoms with Crippen LogP contribution in [-0.2, 0) is 4.79 Å². The second kappa shape index (κ2) is 7.66. The van der Waals surface area contributed by atoms with E-state index in [0.717, 1.165) is 56.7 Å². The molecule has 3 aliphatic heterocycles. The maximum absolute atomic E-state index is 13.1. The minimum absolute atomic E-state index is 0.199. The lowest BCUT2D eigenvalue weighted by molar-refractivity contribution is -0.132. The molecule has 5 fully saturated rings. The molecule has 156 valence electrons. The molecule has 0 spiro atoms. The average Bonchev–Trinajstić information content (AvgIpc) is 3.56. The van der Waals surface area contributed by atoms with Crippen molar-refractivity contribution in [1.82, 2.24) is 9.80 Å². The fourth-order valence-corrected chi connectivity index (χ4v) is 5.55. The first-order valence-electron chi connectivity index (χ1n) is 11.5. The Morgan fingerprint density at radius 2 is 1.48 bits per heavy atom. The van der Waals surface area contributed by atoms with Crippen LogP contribution in [0, 0.1) is 17.8 Å². The Bertz CT molecular complexity index is 751. The van der Waals surface area contributed by atoms with Crippen molar-refractivity contribution in [3.05, 3.63) is 29.8 Å². The van der Waals surface area contributed by atoms with Gasteiger partial charge in [-0.3, -0.25) is 9.59 Å². The molecule has 5 nitrogen and oxygen atoms in total. The largest absolute Gasteiger partial charge is 0.369 e. The van der Waals surface area contributed by atoms with E-state index in [9.17, 15) is 9.59 Å². The molecule has 2 amide bonds. The predicted molar refractivity (Wildman–Crippen MR) is 114 cm³/mol. The van der Waals surface area contributed by atoms with Gasteiger partial charge in [0, 0.05) is 50.4 Å². The molecular formula is C24H33N3O2. The van der Waals surface area contributed by atoms with Gasteiger partial charge in [0.15, 0.2) is 0 Å². The first-order chi connectivity index (χ1) is 14.1. The first kappa shape index (κ1) is 19.0. The van der Waals surface area contributed by atoms with Gasteiger partial charge in [-0.15, -0.1) is 0 Å². The van der Waals surface area contributed by atoms with Crippen molar-refractivity contribution in [3.8, 4) is 0 Å². The minimum Gasteiger partial charge on any atom is -0.369 e. The highest BCUT2D eigenvalue weighted by Gasteiger charge is 2.37. The Hall–Kier alpha value is -2.04. The molecule has 3 saturated heterocycles. The minimum atomic E-state index is 0.199.